The number of allylic oxidation sites excluding steroid dienone is 3. The number of methoxy groups -OCH3 is 1. The van der Waals surface area contributed by atoms with Crippen LogP contribution in [0.25, 0.3) is 0 Å². The van der Waals surface area contributed by atoms with Crippen LogP contribution in [0.4, 0.5) is 0 Å². The zero-order valence-electron chi connectivity index (χ0n) is 18.3. The fourth-order valence-corrected chi connectivity index (χ4v) is 4.76. The Morgan fingerprint density at radius 2 is 1.97 bits per heavy atom. The van der Waals surface area contributed by atoms with E-state index in [1.807, 2.05) is 58.9 Å². The number of hydrogen-bond donors (Lipinski definition) is 0. The van der Waals surface area contributed by atoms with Gasteiger partial charge in [-0.15, -0.1) is 11.8 Å². The molecule has 0 saturated carbocycles. The first-order valence-electron chi connectivity index (χ1n) is 10.2. The van der Waals surface area contributed by atoms with Gasteiger partial charge in [0.2, 0.25) is 0 Å². The van der Waals surface area contributed by atoms with Crippen LogP contribution >= 0.6 is 11.8 Å². The SMILES string of the molecule is CCC=C(C)/C(=C1/C(=O)CC(C(C)CSc2ccccc2OC)OC1=O)C(C)C. The van der Waals surface area contributed by atoms with E-state index in [1.165, 1.54) is 0 Å². The summed E-state index contributed by atoms with van der Waals surface area (Å²) in [6, 6.07) is 7.83. The maximum Gasteiger partial charge on any atom is 0.342 e. The molecule has 0 bridgehead atoms. The number of carbonyl (C=O) groups excluding carboxylic acids is 2. The molecule has 0 aromatic heterocycles. The minimum Gasteiger partial charge on any atom is -0.496 e. The van der Waals surface area contributed by atoms with Crippen molar-refractivity contribution in [3.8, 4) is 5.75 Å². The molecule has 2 unspecified atom stereocenters. The molecule has 1 fully saturated rings. The topological polar surface area (TPSA) is 52.6 Å². The summed E-state index contributed by atoms with van der Waals surface area (Å²) in [6.45, 7) is 10.0. The molecular weight excluding hydrogens is 384 g/mol. The van der Waals surface area contributed by atoms with Gasteiger partial charge in [-0.25, -0.2) is 4.79 Å². The van der Waals surface area contributed by atoms with E-state index >= 15 is 0 Å². The first-order chi connectivity index (χ1) is 13.8. The highest BCUT2D eigenvalue weighted by Gasteiger charge is 2.37. The van der Waals surface area contributed by atoms with E-state index in [0.29, 0.717) is 0 Å². The quantitative estimate of drug-likeness (QED) is 0.238. The number of cyclic esters (lactones) is 1. The van der Waals surface area contributed by atoms with Gasteiger partial charge in [0.05, 0.1) is 7.11 Å². The number of rotatable bonds is 8. The fraction of sp³-hybridized carbons (Fsp3) is 0.500. The van der Waals surface area contributed by atoms with Crippen molar-refractivity contribution in [2.45, 2.75) is 58.5 Å². The maximum atomic E-state index is 12.9. The molecule has 0 aliphatic carbocycles. The van der Waals surface area contributed by atoms with E-state index in [2.05, 4.69) is 6.08 Å². The zero-order valence-corrected chi connectivity index (χ0v) is 19.1. The first-order valence-corrected chi connectivity index (χ1v) is 11.2. The molecular formula is C24H32O4S. The second-order valence-corrected chi connectivity index (χ2v) is 8.81. The van der Waals surface area contributed by atoms with Crippen molar-refractivity contribution in [3.63, 3.8) is 0 Å². The van der Waals surface area contributed by atoms with Crippen molar-refractivity contribution in [1.82, 2.24) is 0 Å². The lowest BCUT2D eigenvalue weighted by atomic mass is 9.85. The highest BCUT2D eigenvalue weighted by atomic mass is 32.2. The standard InChI is InChI=1S/C24H32O4S/c1-7-10-16(4)22(15(2)3)23-18(25)13-20(28-24(23)26)17(5)14-29-21-12-9-8-11-19(21)27-6/h8-12,15,17,20H,7,13-14H2,1-6H3/b16-10?,23-22-. The average molecular weight is 417 g/mol. The summed E-state index contributed by atoms with van der Waals surface area (Å²) >= 11 is 1.65. The van der Waals surface area contributed by atoms with Crippen LogP contribution in [0.15, 0.2) is 52.0 Å². The summed E-state index contributed by atoms with van der Waals surface area (Å²) in [5.74, 6) is 1.11. The van der Waals surface area contributed by atoms with Gasteiger partial charge in [0.25, 0.3) is 0 Å². The molecule has 4 nitrogen and oxygen atoms in total. The lowest BCUT2D eigenvalue weighted by Gasteiger charge is -2.30. The zero-order chi connectivity index (χ0) is 21.6. The van der Waals surface area contributed by atoms with E-state index in [1.54, 1.807) is 18.9 Å². The van der Waals surface area contributed by atoms with Gasteiger partial charge in [0.1, 0.15) is 17.4 Å². The van der Waals surface area contributed by atoms with Crippen molar-refractivity contribution in [3.05, 3.63) is 47.1 Å². The lowest BCUT2D eigenvalue weighted by Crippen LogP contribution is -2.38. The second kappa shape index (κ2) is 10.7. The molecule has 5 heteroatoms. The van der Waals surface area contributed by atoms with Gasteiger partial charge in [-0.2, -0.15) is 0 Å². The monoisotopic (exact) mass is 416 g/mol. The Morgan fingerprint density at radius 3 is 2.55 bits per heavy atom. The van der Waals surface area contributed by atoms with Gasteiger partial charge in [0, 0.05) is 23.0 Å². The van der Waals surface area contributed by atoms with Gasteiger partial charge in [-0.1, -0.05) is 51.5 Å². The van der Waals surface area contributed by atoms with E-state index in [-0.39, 0.29) is 29.6 Å². The van der Waals surface area contributed by atoms with Crippen LogP contribution in [0.3, 0.4) is 0 Å². The Kier molecular flexibility index (Phi) is 8.57. The van der Waals surface area contributed by atoms with Crippen LogP contribution in [0.5, 0.6) is 5.75 Å². The number of esters is 1. The molecule has 1 aromatic carbocycles. The number of ether oxygens (including phenoxy) is 2. The minimum atomic E-state index is -0.479. The highest BCUT2D eigenvalue weighted by molar-refractivity contribution is 7.99. The van der Waals surface area contributed by atoms with Gasteiger partial charge >= 0.3 is 5.97 Å². The van der Waals surface area contributed by atoms with Crippen molar-refractivity contribution in [2.75, 3.05) is 12.9 Å². The number of thioether (sulfide) groups is 1. The molecule has 158 valence electrons. The number of carbonyl (C=O) groups is 2. The summed E-state index contributed by atoms with van der Waals surface area (Å²) in [7, 11) is 1.65. The molecule has 1 heterocycles. The molecule has 1 aliphatic rings. The largest absolute Gasteiger partial charge is 0.496 e. The van der Waals surface area contributed by atoms with E-state index in [9.17, 15) is 9.59 Å². The van der Waals surface area contributed by atoms with Crippen LogP contribution in [-0.4, -0.2) is 30.7 Å². The predicted molar refractivity (Wildman–Crippen MR) is 118 cm³/mol. The predicted octanol–water partition coefficient (Wildman–Crippen LogP) is 5.62. The fourth-order valence-electron chi connectivity index (χ4n) is 3.64. The van der Waals surface area contributed by atoms with Gasteiger partial charge < -0.3 is 9.47 Å². The summed E-state index contributed by atoms with van der Waals surface area (Å²) in [5, 5.41) is 0. The number of para-hydroxylation sites is 1. The second-order valence-electron chi connectivity index (χ2n) is 7.75. The van der Waals surface area contributed by atoms with E-state index in [0.717, 1.165) is 34.0 Å². The van der Waals surface area contributed by atoms with Crippen LogP contribution in [0.1, 0.15) is 47.5 Å². The molecule has 0 N–H and O–H groups in total. The third-order valence-electron chi connectivity index (χ3n) is 5.12. The smallest absolute Gasteiger partial charge is 0.342 e. The van der Waals surface area contributed by atoms with Gasteiger partial charge in [0.15, 0.2) is 5.78 Å². The van der Waals surface area contributed by atoms with Gasteiger partial charge in [-0.05, 0) is 37.0 Å². The molecule has 0 spiro atoms. The molecule has 0 amide bonds. The third kappa shape index (κ3) is 5.75. The summed E-state index contributed by atoms with van der Waals surface area (Å²) < 4.78 is 11.1. The number of benzene rings is 1. The Balaban J connectivity index is 2.14. The Bertz CT molecular complexity index is 787. The van der Waals surface area contributed by atoms with Crippen molar-refractivity contribution >= 4 is 23.5 Å². The van der Waals surface area contributed by atoms with Crippen LogP contribution < -0.4 is 4.74 Å². The summed E-state index contributed by atoms with van der Waals surface area (Å²) in [6.07, 6.45) is 2.76. The molecule has 0 radical (unpaired) electrons. The molecule has 2 rings (SSSR count). The molecule has 1 aromatic rings. The first kappa shape index (κ1) is 23.3. The Morgan fingerprint density at radius 1 is 1.28 bits per heavy atom. The molecule has 1 aliphatic heterocycles. The number of ketones is 1. The van der Waals surface area contributed by atoms with E-state index < -0.39 is 12.1 Å². The van der Waals surface area contributed by atoms with Crippen molar-refractivity contribution in [1.29, 1.82) is 0 Å². The Hall–Kier alpha value is -2.01. The average Bonchev–Trinajstić information content (AvgIpc) is 2.68. The van der Waals surface area contributed by atoms with Crippen LogP contribution in [0, 0.1) is 11.8 Å². The highest BCUT2D eigenvalue weighted by Crippen LogP contribution is 2.34. The molecule has 2 atom stereocenters. The number of Topliss-reactive ketones (excluding diaryl/α,β-unsaturated/α-hetero) is 1. The molecule has 29 heavy (non-hydrogen) atoms. The summed E-state index contributed by atoms with van der Waals surface area (Å²) in [5.41, 5.74) is 2.04. The lowest BCUT2D eigenvalue weighted by molar-refractivity contribution is -0.153. The van der Waals surface area contributed by atoms with Crippen molar-refractivity contribution in [2.24, 2.45) is 11.8 Å². The third-order valence-corrected chi connectivity index (χ3v) is 6.46. The van der Waals surface area contributed by atoms with Crippen molar-refractivity contribution < 1.29 is 19.1 Å². The van der Waals surface area contributed by atoms with Crippen LogP contribution in [0.2, 0.25) is 0 Å². The van der Waals surface area contributed by atoms with Gasteiger partial charge in [-0.3, -0.25) is 4.79 Å². The van der Waals surface area contributed by atoms with E-state index in [4.69, 9.17) is 9.47 Å². The normalized spacial score (nSPS) is 20.5. The minimum absolute atomic E-state index is 0.0501. The maximum absolute atomic E-state index is 12.9. The summed E-state index contributed by atoms with van der Waals surface area (Å²) in [4.78, 5) is 26.8. The number of hydrogen-bond acceptors (Lipinski definition) is 5. The van der Waals surface area contributed by atoms with Crippen LogP contribution in [-0.2, 0) is 14.3 Å². The Labute approximate surface area is 178 Å². The molecule has 1 saturated heterocycles.